The molecule has 2 aromatic carbocycles. The van der Waals surface area contributed by atoms with E-state index in [-0.39, 0.29) is 0 Å². The first-order chi connectivity index (χ1) is 9.65. The molecule has 0 radical (unpaired) electrons. The molecule has 4 heteroatoms. The van der Waals surface area contributed by atoms with Crippen molar-refractivity contribution >= 4 is 21.6 Å². The highest BCUT2D eigenvalue weighted by molar-refractivity contribution is 9.10. The predicted molar refractivity (Wildman–Crippen MR) is 83.9 cm³/mol. The number of hydrogen-bond donors (Lipinski definition) is 1. The zero-order valence-corrected chi connectivity index (χ0v) is 13.0. The maximum Gasteiger partial charge on any atom is 0.136 e. The Bertz CT molecular complexity index is 662. The molecule has 1 N–H and O–H groups in total. The Morgan fingerprint density at radius 2 is 2.10 bits per heavy atom. The van der Waals surface area contributed by atoms with Gasteiger partial charge in [-0.2, -0.15) is 5.26 Å². The lowest BCUT2D eigenvalue weighted by Crippen LogP contribution is -2.01. The first-order valence-electron chi connectivity index (χ1n) is 6.21. The highest BCUT2D eigenvalue weighted by atomic mass is 79.9. The molecular weight excluding hydrogens is 316 g/mol. The van der Waals surface area contributed by atoms with Gasteiger partial charge < -0.3 is 10.1 Å². The van der Waals surface area contributed by atoms with Gasteiger partial charge in [0, 0.05) is 16.7 Å². The van der Waals surface area contributed by atoms with Crippen LogP contribution in [0.5, 0.6) is 5.75 Å². The Morgan fingerprint density at radius 1 is 1.30 bits per heavy atom. The number of nitrogens with zero attached hydrogens (tertiary/aromatic N) is 1. The number of aryl methyl sites for hydroxylation is 1. The maximum atomic E-state index is 8.96. The number of nitrogens with one attached hydrogen (secondary N) is 1. The van der Waals surface area contributed by atoms with Crippen LogP contribution in [0.3, 0.4) is 0 Å². The summed E-state index contributed by atoms with van der Waals surface area (Å²) in [5.74, 6) is 0.607. The third-order valence-corrected chi connectivity index (χ3v) is 4.11. The largest absolute Gasteiger partial charge is 0.495 e. The smallest absolute Gasteiger partial charge is 0.136 e. The zero-order valence-electron chi connectivity index (χ0n) is 11.4. The van der Waals surface area contributed by atoms with Crippen molar-refractivity contribution in [3.8, 4) is 11.8 Å². The molecule has 0 saturated heterocycles. The molecule has 0 aliphatic heterocycles. The van der Waals surface area contributed by atoms with E-state index in [1.165, 1.54) is 5.56 Å². The van der Waals surface area contributed by atoms with Crippen molar-refractivity contribution in [2.75, 3.05) is 12.4 Å². The molecule has 0 aliphatic rings. The molecule has 0 aromatic heterocycles. The van der Waals surface area contributed by atoms with Gasteiger partial charge in [0.05, 0.1) is 12.7 Å². The second kappa shape index (κ2) is 6.44. The number of ether oxygens (including phenoxy) is 1. The maximum absolute atomic E-state index is 8.96. The highest BCUT2D eigenvalue weighted by Crippen LogP contribution is 2.26. The lowest BCUT2D eigenvalue weighted by molar-refractivity contribution is 0.413. The van der Waals surface area contributed by atoms with Crippen LogP contribution < -0.4 is 10.1 Å². The van der Waals surface area contributed by atoms with E-state index in [2.05, 4.69) is 40.3 Å². The van der Waals surface area contributed by atoms with Gasteiger partial charge >= 0.3 is 0 Å². The van der Waals surface area contributed by atoms with Crippen LogP contribution in [0.1, 0.15) is 16.7 Å². The van der Waals surface area contributed by atoms with Gasteiger partial charge in [-0.05, 0) is 52.2 Å². The number of anilines is 1. The summed E-state index contributed by atoms with van der Waals surface area (Å²) in [4.78, 5) is 0. The summed E-state index contributed by atoms with van der Waals surface area (Å²) in [6, 6.07) is 13.8. The Hall–Kier alpha value is -1.99. The number of benzene rings is 2. The average molecular weight is 331 g/mol. The third kappa shape index (κ3) is 3.12. The van der Waals surface area contributed by atoms with Crippen molar-refractivity contribution in [1.29, 1.82) is 5.26 Å². The van der Waals surface area contributed by atoms with E-state index in [4.69, 9.17) is 10.00 Å². The molecule has 2 aromatic rings. The van der Waals surface area contributed by atoms with Crippen molar-refractivity contribution in [1.82, 2.24) is 0 Å². The van der Waals surface area contributed by atoms with Gasteiger partial charge in [0.1, 0.15) is 11.8 Å². The van der Waals surface area contributed by atoms with E-state index in [0.717, 1.165) is 15.7 Å². The molecule has 0 bridgehead atoms. The van der Waals surface area contributed by atoms with Crippen LogP contribution in [0.2, 0.25) is 0 Å². The normalized spacial score (nSPS) is 9.90. The second-order valence-corrected chi connectivity index (χ2v) is 5.23. The number of halogens is 1. The Kier molecular flexibility index (Phi) is 4.65. The van der Waals surface area contributed by atoms with Crippen molar-refractivity contribution in [3.05, 3.63) is 57.6 Å². The predicted octanol–water partition coefficient (Wildman–Crippen LogP) is 4.25. The van der Waals surface area contributed by atoms with Crippen LogP contribution in [0.4, 0.5) is 5.69 Å². The molecule has 0 saturated carbocycles. The van der Waals surface area contributed by atoms with E-state index in [1.54, 1.807) is 13.2 Å². The van der Waals surface area contributed by atoms with Crippen LogP contribution in [0.15, 0.2) is 40.9 Å². The molecule has 0 heterocycles. The van der Waals surface area contributed by atoms with E-state index in [9.17, 15) is 0 Å². The topological polar surface area (TPSA) is 45.0 Å². The van der Waals surface area contributed by atoms with E-state index in [1.807, 2.05) is 24.3 Å². The van der Waals surface area contributed by atoms with Crippen LogP contribution in [0.25, 0.3) is 0 Å². The van der Waals surface area contributed by atoms with Crippen LogP contribution in [-0.2, 0) is 6.54 Å². The van der Waals surface area contributed by atoms with Gasteiger partial charge in [-0.3, -0.25) is 0 Å². The minimum absolute atomic E-state index is 0.549. The summed E-state index contributed by atoms with van der Waals surface area (Å²) < 4.78 is 6.28. The summed E-state index contributed by atoms with van der Waals surface area (Å²) in [6.45, 7) is 2.73. The molecule has 102 valence electrons. The highest BCUT2D eigenvalue weighted by Gasteiger charge is 2.05. The Morgan fingerprint density at radius 3 is 2.80 bits per heavy atom. The fourth-order valence-electron chi connectivity index (χ4n) is 1.92. The zero-order chi connectivity index (χ0) is 14.5. The number of nitriles is 1. The van der Waals surface area contributed by atoms with Gasteiger partial charge in [-0.25, -0.2) is 0 Å². The fourth-order valence-corrected chi connectivity index (χ4v) is 2.32. The quantitative estimate of drug-likeness (QED) is 0.911. The Labute approximate surface area is 127 Å². The molecule has 0 unspecified atom stereocenters. The molecule has 20 heavy (non-hydrogen) atoms. The summed E-state index contributed by atoms with van der Waals surface area (Å²) in [6.07, 6.45) is 0. The SMILES string of the molecule is COc1cc(CNc2cccc(C)c2Br)ccc1C#N. The molecular formula is C16H15BrN2O. The number of rotatable bonds is 4. The number of hydrogen-bond acceptors (Lipinski definition) is 3. The van der Waals surface area contributed by atoms with Gasteiger partial charge in [0.15, 0.2) is 0 Å². The van der Waals surface area contributed by atoms with E-state index in [0.29, 0.717) is 17.9 Å². The van der Waals surface area contributed by atoms with Gasteiger partial charge in [-0.1, -0.05) is 18.2 Å². The monoisotopic (exact) mass is 330 g/mol. The molecule has 0 fully saturated rings. The summed E-state index contributed by atoms with van der Waals surface area (Å²) in [7, 11) is 1.57. The summed E-state index contributed by atoms with van der Waals surface area (Å²) in [5.41, 5.74) is 3.85. The lowest BCUT2D eigenvalue weighted by atomic mass is 10.1. The van der Waals surface area contributed by atoms with Crippen LogP contribution in [0, 0.1) is 18.3 Å². The summed E-state index contributed by atoms with van der Waals surface area (Å²) in [5, 5.41) is 12.3. The van der Waals surface area contributed by atoms with E-state index >= 15 is 0 Å². The molecule has 0 aliphatic carbocycles. The van der Waals surface area contributed by atoms with Crippen molar-refractivity contribution < 1.29 is 4.74 Å². The van der Waals surface area contributed by atoms with E-state index < -0.39 is 0 Å². The number of methoxy groups -OCH3 is 1. The van der Waals surface area contributed by atoms with Gasteiger partial charge in [0.25, 0.3) is 0 Å². The minimum Gasteiger partial charge on any atom is -0.495 e. The molecule has 3 nitrogen and oxygen atoms in total. The molecule has 0 amide bonds. The molecule has 0 atom stereocenters. The standard InChI is InChI=1S/C16H15BrN2O/c1-11-4-3-5-14(16(11)17)19-10-12-6-7-13(9-18)15(8-12)20-2/h3-8,19H,10H2,1-2H3. The van der Waals surface area contributed by atoms with Crippen LogP contribution >= 0.6 is 15.9 Å². The average Bonchev–Trinajstić information content (AvgIpc) is 2.48. The fraction of sp³-hybridized carbons (Fsp3) is 0.188. The van der Waals surface area contributed by atoms with Gasteiger partial charge in [0.2, 0.25) is 0 Å². The van der Waals surface area contributed by atoms with Crippen molar-refractivity contribution in [2.24, 2.45) is 0 Å². The molecule has 2 rings (SSSR count). The van der Waals surface area contributed by atoms with Crippen molar-refractivity contribution in [2.45, 2.75) is 13.5 Å². The minimum atomic E-state index is 0.549. The third-order valence-electron chi connectivity index (χ3n) is 3.06. The molecule has 0 spiro atoms. The summed E-state index contributed by atoms with van der Waals surface area (Å²) >= 11 is 3.57. The van der Waals surface area contributed by atoms with Crippen molar-refractivity contribution in [3.63, 3.8) is 0 Å². The van der Waals surface area contributed by atoms with Crippen LogP contribution in [-0.4, -0.2) is 7.11 Å². The second-order valence-electron chi connectivity index (χ2n) is 4.44. The first-order valence-corrected chi connectivity index (χ1v) is 7.01. The van der Waals surface area contributed by atoms with Gasteiger partial charge in [-0.15, -0.1) is 0 Å². The lowest BCUT2D eigenvalue weighted by Gasteiger charge is -2.11. The Balaban J connectivity index is 2.15. The first kappa shape index (κ1) is 14.4.